The summed E-state index contributed by atoms with van der Waals surface area (Å²) in [6.07, 6.45) is 0. The highest BCUT2D eigenvalue weighted by molar-refractivity contribution is 6.21. The van der Waals surface area contributed by atoms with Crippen molar-refractivity contribution in [2.75, 3.05) is 18.1 Å². The van der Waals surface area contributed by atoms with Crippen LogP contribution in [0.15, 0.2) is 36.4 Å². The van der Waals surface area contributed by atoms with E-state index in [1.54, 1.807) is 24.3 Å². The lowest BCUT2D eigenvalue weighted by atomic mass is 10.1. The zero-order valence-electron chi connectivity index (χ0n) is 11.2. The fourth-order valence-corrected chi connectivity index (χ4v) is 2.29. The molecule has 106 valence electrons. The Kier molecular flexibility index (Phi) is 2.86. The summed E-state index contributed by atoms with van der Waals surface area (Å²) in [5.41, 5.74) is 7.62. The molecule has 0 aromatic heterocycles. The molecule has 0 saturated carbocycles. The molecule has 2 aromatic carbocycles. The molecular formula is C15H12FN3O2. The van der Waals surface area contributed by atoms with Crippen molar-refractivity contribution in [1.29, 1.82) is 0 Å². The number of nitrogen functional groups attached to an aromatic ring is 1. The number of rotatable bonds is 2. The summed E-state index contributed by atoms with van der Waals surface area (Å²) in [5, 5.41) is 2.96. The molecule has 0 spiro atoms. The topological polar surface area (TPSA) is 75.4 Å². The lowest BCUT2D eigenvalue weighted by molar-refractivity contribution is 0.0693. The van der Waals surface area contributed by atoms with Gasteiger partial charge in [0.15, 0.2) is 0 Å². The standard InChI is InChI=1S/C15H12FN3O2/c1-19-14(20)12-3-2-10(7-13(12)15(19)21)18-11-5-8(16)4-9(17)6-11/h2-7,18H,17H2,1H3. The number of amides is 2. The van der Waals surface area contributed by atoms with Crippen molar-refractivity contribution in [2.45, 2.75) is 0 Å². The van der Waals surface area contributed by atoms with Crippen LogP contribution in [0.25, 0.3) is 0 Å². The molecule has 1 aliphatic heterocycles. The van der Waals surface area contributed by atoms with Gasteiger partial charge in [0, 0.05) is 24.1 Å². The Balaban J connectivity index is 1.95. The van der Waals surface area contributed by atoms with Gasteiger partial charge in [-0.15, -0.1) is 0 Å². The van der Waals surface area contributed by atoms with Gasteiger partial charge >= 0.3 is 0 Å². The minimum atomic E-state index is -0.454. The van der Waals surface area contributed by atoms with Crippen molar-refractivity contribution in [3.8, 4) is 0 Å². The van der Waals surface area contributed by atoms with Gasteiger partial charge in [0.2, 0.25) is 0 Å². The molecule has 3 rings (SSSR count). The molecule has 0 radical (unpaired) electrons. The van der Waals surface area contributed by atoms with E-state index in [1.807, 2.05) is 0 Å². The van der Waals surface area contributed by atoms with Crippen molar-refractivity contribution < 1.29 is 14.0 Å². The lowest BCUT2D eigenvalue weighted by Gasteiger charge is -2.08. The summed E-state index contributed by atoms with van der Waals surface area (Å²) in [4.78, 5) is 24.8. The number of carbonyl (C=O) groups is 2. The quantitative estimate of drug-likeness (QED) is 0.656. The fraction of sp³-hybridized carbons (Fsp3) is 0.0667. The third-order valence-corrected chi connectivity index (χ3v) is 3.30. The maximum Gasteiger partial charge on any atom is 0.261 e. The predicted molar refractivity (Wildman–Crippen MR) is 77.0 cm³/mol. The molecule has 0 unspecified atom stereocenters. The van der Waals surface area contributed by atoms with E-state index in [0.717, 1.165) is 4.90 Å². The Morgan fingerprint density at radius 1 is 1.00 bits per heavy atom. The molecule has 6 heteroatoms. The molecule has 21 heavy (non-hydrogen) atoms. The average molecular weight is 285 g/mol. The number of hydrogen-bond acceptors (Lipinski definition) is 4. The second-order valence-electron chi connectivity index (χ2n) is 4.83. The SMILES string of the molecule is CN1C(=O)c2ccc(Nc3cc(N)cc(F)c3)cc2C1=O. The summed E-state index contributed by atoms with van der Waals surface area (Å²) < 4.78 is 13.3. The first kappa shape index (κ1) is 13.1. The van der Waals surface area contributed by atoms with E-state index in [2.05, 4.69) is 5.32 Å². The van der Waals surface area contributed by atoms with Crippen molar-refractivity contribution in [3.63, 3.8) is 0 Å². The average Bonchev–Trinajstić information content (AvgIpc) is 2.63. The summed E-state index contributed by atoms with van der Waals surface area (Å²) in [6.45, 7) is 0. The number of nitrogens with two attached hydrogens (primary N) is 1. The van der Waals surface area contributed by atoms with Gasteiger partial charge in [-0.1, -0.05) is 0 Å². The summed E-state index contributed by atoms with van der Waals surface area (Å²) >= 11 is 0. The molecule has 0 atom stereocenters. The number of nitrogens with zero attached hydrogens (tertiary/aromatic N) is 1. The Morgan fingerprint density at radius 2 is 1.71 bits per heavy atom. The summed E-state index contributed by atoms with van der Waals surface area (Å²) in [5.74, 6) is -1.13. The minimum absolute atomic E-state index is 0.296. The molecule has 1 heterocycles. The Bertz CT molecular complexity index is 753. The van der Waals surface area contributed by atoms with Gasteiger partial charge in [0.25, 0.3) is 11.8 Å². The molecule has 3 N–H and O–H groups in total. The van der Waals surface area contributed by atoms with E-state index in [0.29, 0.717) is 28.2 Å². The number of carbonyl (C=O) groups excluding carboxylic acids is 2. The Morgan fingerprint density at radius 3 is 2.43 bits per heavy atom. The van der Waals surface area contributed by atoms with Gasteiger partial charge in [0.1, 0.15) is 5.82 Å². The Hall–Kier alpha value is -2.89. The minimum Gasteiger partial charge on any atom is -0.399 e. The molecular weight excluding hydrogens is 273 g/mol. The first-order valence-corrected chi connectivity index (χ1v) is 6.25. The van der Waals surface area contributed by atoms with Gasteiger partial charge in [0.05, 0.1) is 11.1 Å². The number of benzene rings is 2. The largest absolute Gasteiger partial charge is 0.399 e. The van der Waals surface area contributed by atoms with Crippen molar-refractivity contribution in [1.82, 2.24) is 4.90 Å². The van der Waals surface area contributed by atoms with Crippen LogP contribution < -0.4 is 11.1 Å². The van der Waals surface area contributed by atoms with Crippen LogP contribution >= 0.6 is 0 Å². The number of anilines is 3. The van der Waals surface area contributed by atoms with E-state index >= 15 is 0 Å². The highest BCUT2D eigenvalue weighted by atomic mass is 19.1. The molecule has 2 amide bonds. The van der Waals surface area contributed by atoms with Gasteiger partial charge in [-0.05, 0) is 36.4 Å². The molecule has 1 aliphatic rings. The maximum atomic E-state index is 13.3. The van der Waals surface area contributed by atoms with E-state index in [-0.39, 0.29) is 11.8 Å². The van der Waals surface area contributed by atoms with E-state index in [9.17, 15) is 14.0 Å². The highest BCUT2D eigenvalue weighted by Crippen LogP contribution is 2.27. The van der Waals surface area contributed by atoms with Crippen molar-refractivity contribution in [3.05, 3.63) is 53.3 Å². The number of hydrogen-bond donors (Lipinski definition) is 2. The third-order valence-electron chi connectivity index (χ3n) is 3.30. The normalized spacial score (nSPS) is 13.5. The van der Waals surface area contributed by atoms with Gasteiger partial charge < -0.3 is 11.1 Å². The van der Waals surface area contributed by atoms with Crippen molar-refractivity contribution in [2.24, 2.45) is 0 Å². The highest BCUT2D eigenvalue weighted by Gasteiger charge is 2.32. The second-order valence-corrected chi connectivity index (χ2v) is 4.83. The number of fused-ring (bicyclic) bond motifs is 1. The predicted octanol–water partition coefficient (Wildman–Crippen LogP) is 2.38. The first-order chi connectivity index (χ1) is 9.95. The van der Waals surface area contributed by atoms with Crippen LogP contribution in [0.3, 0.4) is 0 Å². The monoisotopic (exact) mass is 285 g/mol. The Labute approximate surface area is 120 Å². The van der Waals surface area contributed by atoms with Crippen LogP contribution in [-0.2, 0) is 0 Å². The van der Waals surface area contributed by atoms with Gasteiger partial charge in [-0.2, -0.15) is 0 Å². The summed E-state index contributed by atoms with van der Waals surface area (Å²) in [7, 11) is 1.44. The van der Waals surface area contributed by atoms with Crippen LogP contribution in [0.5, 0.6) is 0 Å². The molecule has 0 aliphatic carbocycles. The fourth-order valence-electron chi connectivity index (χ4n) is 2.29. The number of imide groups is 1. The lowest BCUT2D eigenvalue weighted by Crippen LogP contribution is -2.24. The summed E-state index contributed by atoms with van der Waals surface area (Å²) in [6, 6.07) is 8.89. The van der Waals surface area contributed by atoms with Crippen LogP contribution in [0, 0.1) is 5.82 Å². The van der Waals surface area contributed by atoms with E-state index < -0.39 is 5.82 Å². The molecule has 0 fully saturated rings. The molecule has 2 aromatic rings. The number of nitrogens with one attached hydrogen (secondary N) is 1. The zero-order valence-corrected chi connectivity index (χ0v) is 11.2. The van der Waals surface area contributed by atoms with Crippen LogP contribution in [-0.4, -0.2) is 23.8 Å². The van der Waals surface area contributed by atoms with E-state index in [4.69, 9.17) is 5.73 Å². The number of halogens is 1. The van der Waals surface area contributed by atoms with Crippen LogP contribution in [0.2, 0.25) is 0 Å². The van der Waals surface area contributed by atoms with Gasteiger partial charge in [-0.25, -0.2) is 4.39 Å². The van der Waals surface area contributed by atoms with E-state index in [1.165, 1.54) is 19.2 Å². The van der Waals surface area contributed by atoms with Crippen LogP contribution in [0.1, 0.15) is 20.7 Å². The van der Waals surface area contributed by atoms with Crippen LogP contribution in [0.4, 0.5) is 21.5 Å². The third kappa shape index (κ3) is 2.20. The molecule has 0 bridgehead atoms. The smallest absolute Gasteiger partial charge is 0.261 e. The van der Waals surface area contributed by atoms with Crippen molar-refractivity contribution >= 4 is 28.9 Å². The molecule has 0 saturated heterocycles. The zero-order chi connectivity index (χ0) is 15.1. The second kappa shape index (κ2) is 4.59. The van der Waals surface area contributed by atoms with Gasteiger partial charge in [-0.3, -0.25) is 14.5 Å². The first-order valence-electron chi connectivity index (χ1n) is 6.25. The molecule has 5 nitrogen and oxygen atoms in total. The maximum absolute atomic E-state index is 13.3.